The van der Waals surface area contributed by atoms with E-state index in [1.54, 1.807) is 0 Å². The number of likely N-dealkylation sites (N-methyl/N-ethyl adjacent to an activating group) is 1. The van der Waals surface area contributed by atoms with Gasteiger partial charge < -0.3 is 14.6 Å². The van der Waals surface area contributed by atoms with Crippen LogP contribution in [0.25, 0.3) is 0 Å². The molecular formula is C16H27N3O. The van der Waals surface area contributed by atoms with Gasteiger partial charge in [0.2, 0.25) is 0 Å². The van der Waals surface area contributed by atoms with Crippen LogP contribution in [0.4, 0.5) is 0 Å². The third-order valence-electron chi connectivity index (χ3n) is 4.56. The summed E-state index contributed by atoms with van der Waals surface area (Å²) in [5, 5.41) is 3.53. The fourth-order valence-electron chi connectivity index (χ4n) is 2.97. The Morgan fingerprint density at radius 2 is 2.15 bits per heavy atom. The molecule has 1 atom stereocenters. The van der Waals surface area contributed by atoms with Gasteiger partial charge in [0, 0.05) is 25.2 Å². The van der Waals surface area contributed by atoms with Crippen LogP contribution >= 0.6 is 0 Å². The first-order valence-corrected chi connectivity index (χ1v) is 7.82. The van der Waals surface area contributed by atoms with E-state index in [0.717, 1.165) is 37.2 Å². The van der Waals surface area contributed by atoms with Crippen LogP contribution in [0.3, 0.4) is 0 Å². The molecule has 2 aliphatic rings. The molecule has 1 aliphatic carbocycles. The Hall–Kier alpha value is -0.840. The van der Waals surface area contributed by atoms with Crippen LogP contribution in [0.15, 0.2) is 10.5 Å². The van der Waals surface area contributed by atoms with E-state index in [9.17, 15) is 0 Å². The Labute approximate surface area is 122 Å². The largest absolute Gasteiger partial charge is 0.463 e. The first kappa shape index (κ1) is 14.1. The molecule has 2 fully saturated rings. The Balaban J connectivity index is 1.53. The second kappa shape index (κ2) is 5.88. The van der Waals surface area contributed by atoms with Crippen molar-refractivity contribution in [2.45, 2.75) is 51.4 Å². The number of rotatable bonds is 6. The summed E-state index contributed by atoms with van der Waals surface area (Å²) in [5.41, 5.74) is 1.29. The number of hydrogen-bond acceptors (Lipinski definition) is 4. The molecule has 1 N–H and O–H groups in total. The minimum Gasteiger partial charge on any atom is -0.463 e. The quantitative estimate of drug-likeness (QED) is 0.861. The molecule has 1 saturated carbocycles. The molecule has 112 valence electrons. The predicted molar refractivity (Wildman–Crippen MR) is 80.7 cm³/mol. The van der Waals surface area contributed by atoms with Crippen LogP contribution in [0.2, 0.25) is 0 Å². The zero-order valence-electron chi connectivity index (χ0n) is 13.0. The van der Waals surface area contributed by atoms with Gasteiger partial charge in [0.15, 0.2) is 0 Å². The Morgan fingerprint density at radius 3 is 2.80 bits per heavy atom. The van der Waals surface area contributed by atoms with Crippen molar-refractivity contribution in [1.82, 2.24) is 15.1 Å². The highest BCUT2D eigenvalue weighted by Crippen LogP contribution is 2.23. The topological polar surface area (TPSA) is 31.6 Å². The van der Waals surface area contributed by atoms with E-state index in [-0.39, 0.29) is 0 Å². The van der Waals surface area contributed by atoms with E-state index < -0.39 is 0 Å². The molecule has 4 heteroatoms. The normalized spacial score (nSPS) is 23.9. The maximum absolute atomic E-state index is 6.03. The van der Waals surface area contributed by atoms with Crippen LogP contribution in [0, 0.1) is 6.92 Å². The van der Waals surface area contributed by atoms with Crippen LogP contribution < -0.4 is 5.32 Å². The van der Waals surface area contributed by atoms with Gasteiger partial charge in [0.1, 0.15) is 11.5 Å². The highest BCUT2D eigenvalue weighted by molar-refractivity contribution is 5.20. The number of hydrogen-bond donors (Lipinski definition) is 1. The number of aryl methyl sites for hydroxylation is 1. The van der Waals surface area contributed by atoms with E-state index in [0.29, 0.717) is 6.04 Å². The van der Waals surface area contributed by atoms with Gasteiger partial charge in [0.25, 0.3) is 0 Å². The maximum Gasteiger partial charge on any atom is 0.120 e. The van der Waals surface area contributed by atoms with Crippen molar-refractivity contribution in [3.63, 3.8) is 0 Å². The van der Waals surface area contributed by atoms with E-state index in [1.807, 2.05) is 0 Å². The molecule has 1 aromatic heterocycles. The molecule has 1 aliphatic heterocycles. The minimum atomic E-state index is 0.696. The summed E-state index contributed by atoms with van der Waals surface area (Å²) in [4.78, 5) is 4.83. The molecule has 0 bridgehead atoms. The van der Waals surface area contributed by atoms with Crippen molar-refractivity contribution < 1.29 is 4.42 Å². The second-order valence-corrected chi connectivity index (χ2v) is 6.62. The minimum absolute atomic E-state index is 0.696. The standard InChI is InChI=1S/C16H27N3O/c1-12-8-15(20-16(12)9-17-13-4-5-13)11-19-7-6-14(10-19)18(2)3/h8,13-14,17H,4-7,9-11H2,1-3H3. The van der Waals surface area contributed by atoms with Crippen molar-refractivity contribution >= 4 is 0 Å². The maximum atomic E-state index is 6.03. The van der Waals surface area contributed by atoms with Crippen molar-refractivity contribution in [3.8, 4) is 0 Å². The monoisotopic (exact) mass is 277 g/mol. The SMILES string of the molecule is Cc1cc(CN2CCC(N(C)C)C2)oc1CNC1CC1. The van der Waals surface area contributed by atoms with Gasteiger partial charge >= 0.3 is 0 Å². The Kier molecular flexibility index (Phi) is 4.15. The number of furan rings is 1. The lowest BCUT2D eigenvalue weighted by molar-refractivity contribution is 0.249. The van der Waals surface area contributed by atoms with E-state index in [4.69, 9.17) is 4.42 Å². The number of likely N-dealkylation sites (tertiary alicyclic amines) is 1. The highest BCUT2D eigenvalue weighted by Gasteiger charge is 2.25. The van der Waals surface area contributed by atoms with E-state index >= 15 is 0 Å². The van der Waals surface area contributed by atoms with Crippen molar-refractivity contribution in [2.24, 2.45) is 0 Å². The predicted octanol–water partition coefficient (Wildman–Crippen LogP) is 1.98. The fraction of sp³-hybridized carbons (Fsp3) is 0.750. The summed E-state index contributed by atoms with van der Waals surface area (Å²) in [6, 6.07) is 3.65. The first-order chi connectivity index (χ1) is 9.61. The van der Waals surface area contributed by atoms with Crippen molar-refractivity contribution in [1.29, 1.82) is 0 Å². The molecule has 3 rings (SSSR count). The van der Waals surface area contributed by atoms with Gasteiger partial charge in [-0.1, -0.05) is 0 Å². The fourth-order valence-corrected chi connectivity index (χ4v) is 2.97. The lowest BCUT2D eigenvalue weighted by Gasteiger charge is -2.19. The van der Waals surface area contributed by atoms with E-state index in [1.165, 1.54) is 31.4 Å². The lowest BCUT2D eigenvalue weighted by atomic mass is 10.2. The summed E-state index contributed by atoms with van der Waals surface area (Å²) in [5.74, 6) is 2.24. The molecule has 0 spiro atoms. The summed E-state index contributed by atoms with van der Waals surface area (Å²) in [6.07, 6.45) is 3.92. The summed E-state index contributed by atoms with van der Waals surface area (Å²) in [7, 11) is 4.35. The summed E-state index contributed by atoms with van der Waals surface area (Å²) in [6.45, 7) is 6.33. The average molecular weight is 277 g/mol. The van der Waals surface area contributed by atoms with Gasteiger partial charge in [-0.3, -0.25) is 4.90 Å². The van der Waals surface area contributed by atoms with Gasteiger partial charge in [-0.05, 0) is 51.9 Å². The van der Waals surface area contributed by atoms with Gasteiger partial charge in [-0.25, -0.2) is 0 Å². The number of nitrogens with one attached hydrogen (secondary N) is 1. The van der Waals surface area contributed by atoms with Crippen LogP contribution in [-0.2, 0) is 13.1 Å². The first-order valence-electron chi connectivity index (χ1n) is 7.82. The van der Waals surface area contributed by atoms with Gasteiger partial charge in [0.05, 0.1) is 13.1 Å². The highest BCUT2D eigenvalue weighted by atomic mass is 16.3. The third kappa shape index (κ3) is 3.43. The zero-order valence-corrected chi connectivity index (χ0v) is 13.0. The summed E-state index contributed by atoms with van der Waals surface area (Å²) >= 11 is 0. The molecule has 20 heavy (non-hydrogen) atoms. The van der Waals surface area contributed by atoms with Crippen LogP contribution in [-0.4, -0.2) is 49.1 Å². The molecule has 2 heterocycles. The van der Waals surface area contributed by atoms with Gasteiger partial charge in [-0.2, -0.15) is 0 Å². The molecule has 1 aromatic rings. The van der Waals surface area contributed by atoms with Crippen LogP contribution in [0.5, 0.6) is 0 Å². The van der Waals surface area contributed by atoms with Gasteiger partial charge in [-0.15, -0.1) is 0 Å². The zero-order chi connectivity index (χ0) is 14.1. The smallest absolute Gasteiger partial charge is 0.120 e. The summed E-state index contributed by atoms with van der Waals surface area (Å²) < 4.78 is 6.03. The molecule has 0 amide bonds. The molecular weight excluding hydrogens is 250 g/mol. The molecule has 4 nitrogen and oxygen atoms in total. The number of nitrogens with zero attached hydrogens (tertiary/aromatic N) is 2. The van der Waals surface area contributed by atoms with Crippen LogP contribution in [0.1, 0.15) is 36.3 Å². The third-order valence-corrected chi connectivity index (χ3v) is 4.56. The second-order valence-electron chi connectivity index (χ2n) is 6.62. The Bertz CT molecular complexity index is 451. The molecule has 1 unspecified atom stereocenters. The van der Waals surface area contributed by atoms with Crippen molar-refractivity contribution in [2.75, 3.05) is 27.2 Å². The van der Waals surface area contributed by atoms with E-state index in [2.05, 4.69) is 42.2 Å². The lowest BCUT2D eigenvalue weighted by Crippen LogP contribution is -2.31. The van der Waals surface area contributed by atoms with Crippen molar-refractivity contribution in [3.05, 3.63) is 23.2 Å². The molecule has 1 saturated heterocycles. The molecule has 0 radical (unpaired) electrons. The molecule has 0 aromatic carbocycles. The average Bonchev–Trinajstić information content (AvgIpc) is 3.00. The Morgan fingerprint density at radius 1 is 1.35 bits per heavy atom.